The zero-order valence-corrected chi connectivity index (χ0v) is 14.0. The predicted octanol–water partition coefficient (Wildman–Crippen LogP) is 4.13. The normalized spacial score (nSPS) is 10.2. The van der Waals surface area contributed by atoms with E-state index in [0.29, 0.717) is 33.1 Å². The number of nitrogens with zero attached hydrogens (tertiary/aromatic N) is 3. The maximum atomic E-state index is 10.8. The maximum Gasteiger partial charge on any atom is 0.271 e. The van der Waals surface area contributed by atoms with Crippen LogP contribution in [0.2, 0.25) is 0 Å². The predicted molar refractivity (Wildman–Crippen MR) is 84.8 cm³/mol. The van der Waals surface area contributed by atoms with Crippen molar-refractivity contribution in [1.29, 1.82) is 0 Å². The average molecular weight is 418 g/mol. The number of benzene rings is 1. The highest BCUT2D eigenvalue weighted by atomic mass is 79.9. The van der Waals surface area contributed by atoms with Gasteiger partial charge >= 0.3 is 0 Å². The van der Waals surface area contributed by atoms with E-state index in [1.807, 2.05) is 6.92 Å². The summed E-state index contributed by atoms with van der Waals surface area (Å²) in [6.07, 6.45) is 1.56. The fraction of sp³-hybridized carbons (Fsp3) is 0.167. The summed E-state index contributed by atoms with van der Waals surface area (Å²) in [5.41, 5.74) is -0.0443. The quantitative estimate of drug-likeness (QED) is 0.580. The molecule has 2 aromatic rings. The number of hydrogen-bond acceptors (Lipinski definition) is 6. The molecular weight excluding hydrogens is 408 g/mol. The summed E-state index contributed by atoms with van der Waals surface area (Å²) < 4.78 is 6.56. The fourth-order valence-electron chi connectivity index (χ4n) is 1.50. The van der Waals surface area contributed by atoms with Gasteiger partial charge in [0.2, 0.25) is 11.8 Å². The van der Waals surface area contributed by atoms with E-state index >= 15 is 0 Å². The van der Waals surface area contributed by atoms with Gasteiger partial charge in [-0.05, 0) is 38.8 Å². The number of nitro groups is 1. The van der Waals surface area contributed by atoms with Crippen LogP contribution in [-0.2, 0) is 0 Å². The molecule has 21 heavy (non-hydrogen) atoms. The van der Waals surface area contributed by atoms with Crippen molar-refractivity contribution in [1.82, 2.24) is 9.97 Å². The Bertz CT molecular complexity index is 658. The van der Waals surface area contributed by atoms with Crippen LogP contribution in [0.15, 0.2) is 33.3 Å². The Morgan fingerprint density at radius 2 is 2.05 bits per heavy atom. The molecule has 1 aromatic carbocycles. The fourth-order valence-corrected chi connectivity index (χ4v) is 2.82. The number of anilines is 1. The number of ether oxygens (including phenoxy) is 1. The number of rotatable bonds is 5. The molecule has 0 aliphatic rings. The summed E-state index contributed by atoms with van der Waals surface area (Å²) in [6, 6.07) is 4.33. The van der Waals surface area contributed by atoms with Crippen LogP contribution < -0.4 is 10.1 Å². The van der Waals surface area contributed by atoms with E-state index in [-0.39, 0.29) is 5.69 Å². The zero-order valence-electron chi connectivity index (χ0n) is 10.8. The van der Waals surface area contributed by atoms with Gasteiger partial charge in [0.25, 0.3) is 5.69 Å². The Morgan fingerprint density at radius 3 is 2.62 bits per heavy atom. The van der Waals surface area contributed by atoms with Gasteiger partial charge in [-0.15, -0.1) is 0 Å². The van der Waals surface area contributed by atoms with Crippen LogP contribution in [0.4, 0.5) is 11.6 Å². The number of non-ortho nitro benzene ring substituents is 1. The van der Waals surface area contributed by atoms with Crippen LogP contribution >= 0.6 is 31.9 Å². The summed E-state index contributed by atoms with van der Waals surface area (Å²) in [6.45, 7) is 2.62. The van der Waals surface area contributed by atoms with E-state index < -0.39 is 4.92 Å². The molecule has 0 unspecified atom stereocenters. The topological polar surface area (TPSA) is 90.2 Å². The van der Waals surface area contributed by atoms with Gasteiger partial charge in [-0.1, -0.05) is 0 Å². The number of nitro benzene ring substituents is 1. The molecule has 0 fully saturated rings. The highest BCUT2D eigenvalue weighted by Gasteiger charge is 2.16. The van der Waals surface area contributed by atoms with E-state index in [9.17, 15) is 10.1 Å². The van der Waals surface area contributed by atoms with Crippen molar-refractivity contribution >= 4 is 43.5 Å². The minimum Gasteiger partial charge on any atom is -0.436 e. The van der Waals surface area contributed by atoms with Crippen LogP contribution in [-0.4, -0.2) is 21.4 Å². The van der Waals surface area contributed by atoms with Crippen molar-refractivity contribution in [2.24, 2.45) is 0 Å². The lowest BCUT2D eigenvalue weighted by Gasteiger charge is -2.10. The first-order valence-corrected chi connectivity index (χ1v) is 7.48. The van der Waals surface area contributed by atoms with Crippen molar-refractivity contribution in [3.8, 4) is 11.6 Å². The smallest absolute Gasteiger partial charge is 0.271 e. The minimum absolute atomic E-state index is 0.0443. The summed E-state index contributed by atoms with van der Waals surface area (Å²) >= 11 is 6.51. The molecule has 7 nitrogen and oxygen atoms in total. The molecule has 1 aromatic heterocycles. The van der Waals surface area contributed by atoms with Crippen LogP contribution in [0, 0.1) is 10.1 Å². The van der Waals surface area contributed by atoms with Crippen molar-refractivity contribution < 1.29 is 9.66 Å². The van der Waals surface area contributed by atoms with Gasteiger partial charge < -0.3 is 10.1 Å². The summed E-state index contributed by atoms with van der Waals surface area (Å²) in [5.74, 6) is 1.18. The standard InChI is InChI=1S/C12H10Br2N4O3/c1-2-15-12-16-4-3-10(17-12)21-11-8(13)5-7(18(19)20)6-9(11)14/h3-6H,2H2,1H3,(H,15,16,17). The van der Waals surface area contributed by atoms with E-state index in [0.717, 1.165) is 0 Å². The molecule has 0 aliphatic carbocycles. The molecule has 0 atom stereocenters. The molecule has 0 amide bonds. The van der Waals surface area contributed by atoms with Crippen LogP contribution in [0.1, 0.15) is 6.92 Å². The van der Waals surface area contributed by atoms with Crippen LogP contribution in [0.5, 0.6) is 11.6 Å². The second kappa shape index (κ2) is 6.81. The summed E-state index contributed by atoms with van der Waals surface area (Å²) in [5, 5.41) is 13.8. The lowest BCUT2D eigenvalue weighted by atomic mass is 10.3. The molecule has 0 bridgehead atoms. The second-order valence-electron chi connectivity index (χ2n) is 3.85. The van der Waals surface area contributed by atoms with Crippen LogP contribution in [0.3, 0.4) is 0 Å². The largest absolute Gasteiger partial charge is 0.436 e. The van der Waals surface area contributed by atoms with E-state index in [2.05, 4.69) is 47.1 Å². The minimum atomic E-state index is -0.479. The third-order valence-corrected chi connectivity index (χ3v) is 3.54. The maximum absolute atomic E-state index is 10.8. The van der Waals surface area contributed by atoms with Gasteiger partial charge in [0.1, 0.15) is 0 Å². The molecule has 0 spiro atoms. The molecule has 1 N–H and O–H groups in total. The van der Waals surface area contributed by atoms with Crippen molar-refractivity contribution in [3.05, 3.63) is 43.5 Å². The Labute approximate surface area is 137 Å². The third-order valence-electron chi connectivity index (χ3n) is 2.37. The molecule has 0 saturated carbocycles. The Balaban J connectivity index is 2.31. The first-order chi connectivity index (χ1) is 10.0. The van der Waals surface area contributed by atoms with Crippen molar-refractivity contribution in [2.75, 3.05) is 11.9 Å². The molecule has 110 valence electrons. The monoisotopic (exact) mass is 416 g/mol. The molecule has 0 radical (unpaired) electrons. The molecule has 2 rings (SSSR count). The first kappa shape index (κ1) is 15.6. The summed E-state index contributed by atoms with van der Waals surface area (Å²) in [4.78, 5) is 18.5. The molecule has 1 heterocycles. The Kier molecular flexibility index (Phi) is 5.07. The molecule has 0 saturated heterocycles. The number of halogens is 2. The van der Waals surface area contributed by atoms with Gasteiger partial charge in [-0.2, -0.15) is 4.98 Å². The van der Waals surface area contributed by atoms with Gasteiger partial charge in [-0.3, -0.25) is 10.1 Å². The van der Waals surface area contributed by atoms with Gasteiger partial charge in [0.15, 0.2) is 5.75 Å². The number of nitrogens with one attached hydrogen (secondary N) is 1. The van der Waals surface area contributed by atoms with Gasteiger partial charge in [0, 0.05) is 30.9 Å². The Hall–Kier alpha value is -1.74. The van der Waals surface area contributed by atoms with Gasteiger partial charge in [0.05, 0.1) is 13.9 Å². The van der Waals surface area contributed by atoms with E-state index in [4.69, 9.17) is 4.74 Å². The van der Waals surface area contributed by atoms with Gasteiger partial charge in [-0.25, -0.2) is 4.98 Å². The zero-order chi connectivity index (χ0) is 15.4. The lowest BCUT2D eigenvalue weighted by molar-refractivity contribution is -0.385. The SMILES string of the molecule is CCNc1nccc(Oc2c(Br)cc([N+](=O)[O-])cc2Br)n1. The highest BCUT2D eigenvalue weighted by molar-refractivity contribution is 9.11. The van der Waals surface area contributed by atoms with E-state index in [1.54, 1.807) is 12.3 Å². The lowest BCUT2D eigenvalue weighted by Crippen LogP contribution is -2.02. The molecule has 9 heteroatoms. The first-order valence-electron chi connectivity index (χ1n) is 5.89. The third kappa shape index (κ3) is 3.88. The molecule has 0 aliphatic heterocycles. The number of aromatic nitrogens is 2. The van der Waals surface area contributed by atoms with Crippen molar-refractivity contribution in [2.45, 2.75) is 6.92 Å². The Morgan fingerprint density at radius 1 is 1.38 bits per heavy atom. The van der Waals surface area contributed by atoms with Crippen LogP contribution in [0.25, 0.3) is 0 Å². The van der Waals surface area contributed by atoms with Crippen molar-refractivity contribution in [3.63, 3.8) is 0 Å². The summed E-state index contributed by atoms with van der Waals surface area (Å²) in [7, 11) is 0. The van der Waals surface area contributed by atoms with E-state index in [1.165, 1.54) is 12.1 Å². The second-order valence-corrected chi connectivity index (χ2v) is 5.56. The molecular formula is C12H10Br2N4O3. The average Bonchev–Trinajstić information content (AvgIpc) is 2.43. The highest BCUT2D eigenvalue weighted by Crippen LogP contribution is 2.39. The number of hydrogen-bond donors (Lipinski definition) is 1.